The molecule has 1 saturated heterocycles. The Bertz CT molecular complexity index is 584. The molecule has 2 rings (SSSR count). The molecule has 126 valence electrons. The van der Waals surface area contributed by atoms with E-state index < -0.39 is 12.0 Å². The van der Waals surface area contributed by atoms with Crippen LogP contribution in [0.4, 0.5) is 0 Å². The lowest BCUT2D eigenvalue weighted by atomic mass is 10.1. The molecule has 1 aliphatic rings. The van der Waals surface area contributed by atoms with Gasteiger partial charge in [0.25, 0.3) is 5.91 Å². The summed E-state index contributed by atoms with van der Waals surface area (Å²) in [6.07, 6.45) is 1.20. The number of carbonyl (C=O) groups excluding carboxylic acids is 1. The maximum atomic E-state index is 12.6. The topological polar surface area (TPSA) is 76.1 Å². The fourth-order valence-corrected chi connectivity index (χ4v) is 2.61. The Balaban J connectivity index is 2.19. The van der Waals surface area contributed by atoms with Crippen LogP contribution in [0.5, 0.6) is 11.5 Å². The van der Waals surface area contributed by atoms with E-state index in [0.29, 0.717) is 49.0 Å². The fraction of sp³-hybridized carbons (Fsp3) is 0.529. The van der Waals surface area contributed by atoms with Gasteiger partial charge in [-0.2, -0.15) is 0 Å². The number of amides is 1. The van der Waals surface area contributed by atoms with Gasteiger partial charge in [-0.3, -0.25) is 4.79 Å². The first-order chi connectivity index (χ1) is 10.9. The Morgan fingerprint density at radius 1 is 1.35 bits per heavy atom. The summed E-state index contributed by atoms with van der Waals surface area (Å²) >= 11 is 0. The second-order valence-corrected chi connectivity index (χ2v) is 6.07. The zero-order valence-electron chi connectivity index (χ0n) is 13.7. The van der Waals surface area contributed by atoms with Crippen LogP contribution >= 0.6 is 0 Å². The van der Waals surface area contributed by atoms with Crippen LogP contribution in [0.1, 0.15) is 37.0 Å². The van der Waals surface area contributed by atoms with Crippen LogP contribution in [0.15, 0.2) is 18.2 Å². The Labute approximate surface area is 136 Å². The molecule has 1 N–H and O–H groups in total. The molecular weight excluding hydrogens is 298 g/mol. The molecule has 1 fully saturated rings. The molecule has 0 saturated carbocycles. The normalized spacial score (nSPS) is 17.4. The number of ether oxygens (including phenoxy) is 2. The number of methoxy groups -OCH3 is 1. The first kappa shape index (κ1) is 17.1. The lowest BCUT2D eigenvalue weighted by Gasteiger charge is -2.22. The molecule has 23 heavy (non-hydrogen) atoms. The summed E-state index contributed by atoms with van der Waals surface area (Å²) in [7, 11) is 1.52. The summed E-state index contributed by atoms with van der Waals surface area (Å²) in [5.74, 6) is 0.182. The Hall–Kier alpha value is -2.24. The molecule has 1 heterocycles. The Morgan fingerprint density at radius 2 is 2.09 bits per heavy atom. The molecule has 1 aliphatic heterocycles. The van der Waals surface area contributed by atoms with Gasteiger partial charge in [-0.1, -0.05) is 13.8 Å². The van der Waals surface area contributed by atoms with Crippen molar-refractivity contribution in [3.8, 4) is 11.5 Å². The number of aliphatic carboxylic acids is 1. The number of carbonyl (C=O) groups is 2. The van der Waals surface area contributed by atoms with Gasteiger partial charge in [0.2, 0.25) is 0 Å². The molecule has 0 aromatic heterocycles. The summed E-state index contributed by atoms with van der Waals surface area (Å²) < 4.78 is 11.0. The predicted molar refractivity (Wildman–Crippen MR) is 85.0 cm³/mol. The molecule has 6 heteroatoms. The first-order valence-electron chi connectivity index (χ1n) is 7.78. The van der Waals surface area contributed by atoms with Gasteiger partial charge in [0, 0.05) is 12.1 Å². The second kappa shape index (κ2) is 7.35. The second-order valence-electron chi connectivity index (χ2n) is 6.07. The van der Waals surface area contributed by atoms with Crippen LogP contribution in [-0.2, 0) is 4.79 Å². The number of carboxylic acids is 1. The maximum Gasteiger partial charge on any atom is 0.326 e. The molecule has 0 aliphatic carbocycles. The number of nitrogens with zero attached hydrogens (tertiary/aromatic N) is 1. The van der Waals surface area contributed by atoms with E-state index in [-0.39, 0.29) is 5.91 Å². The molecule has 1 amide bonds. The first-order valence-corrected chi connectivity index (χ1v) is 7.78. The summed E-state index contributed by atoms with van der Waals surface area (Å²) in [6, 6.07) is 4.21. The third-order valence-corrected chi connectivity index (χ3v) is 3.78. The number of rotatable bonds is 6. The quantitative estimate of drug-likeness (QED) is 0.871. The van der Waals surface area contributed by atoms with Crippen molar-refractivity contribution in [3.05, 3.63) is 23.8 Å². The van der Waals surface area contributed by atoms with Crippen molar-refractivity contribution in [2.24, 2.45) is 5.92 Å². The van der Waals surface area contributed by atoms with Crippen molar-refractivity contribution in [1.82, 2.24) is 4.90 Å². The lowest BCUT2D eigenvalue weighted by Crippen LogP contribution is -2.40. The van der Waals surface area contributed by atoms with E-state index in [1.807, 2.05) is 13.8 Å². The van der Waals surface area contributed by atoms with Gasteiger partial charge >= 0.3 is 5.97 Å². The third kappa shape index (κ3) is 3.94. The average Bonchev–Trinajstić information content (AvgIpc) is 3.01. The van der Waals surface area contributed by atoms with Crippen molar-refractivity contribution < 1.29 is 24.2 Å². The molecular formula is C17H23NO5. The predicted octanol–water partition coefficient (Wildman–Crippen LogP) is 2.42. The molecule has 0 radical (unpaired) electrons. The van der Waals surface area contributed by atoms with Crippen molar-refractivity contribution >= 4 is 11.9 Å². The zero-order chi connectivity index (χ0) is 17.0. The van der Waals surface area contributed by atoms with E-state index in [4.69, 9.17) is 9.47 Å². The summed E-state index contributed by atoms with van der Waals surface area (Å²) in [4.78, 5) is 25.2. The maximum absolute atomic E-state index is 12.6. The minimum absolute atomic E-state index is 0.288. The molecule has 0 spiro atoms. The fourth-order valence-electron chi connectivity index (χ4n) is 2.61. The van der Waals surface area contributed by atoms with Gasteiger partial charge in [0.05, 0.1) is 13.7 Å². The minimum Gasteiger partial charge on any atom is -0.493 e. The van der Waals surface area contributed by atoms with Crippen molar-refractivity contribution in [1.29, 1.82) is 0 Å². The van der Waals surface area contributed by atoms with Crippen molar-refractivity contribution in [2.45, 2.75) is 32.7 Å². The molecule has 1 aromatic carbocycles. The van der Waals surface area contributed by atoms with Crippen molar-refractivity contribution in [3.63, 3.8) is 0 Å². The lowest BCUT2D eigenvalue weighted by molar-refractivity contribution is -0.141. The number of likely N-dealkylation sites (tertiary alicyclic amines) is 1. The highest BCUT2D eigenvalue weighted by Gasteiger charge is 2.34. The van der Waals surface area contributed by atoms with E-state index in [1.54, 1.807) is 18.2 Å². The molecule has 0 bridgehead atoms. The molecule has 6 nitrogen and oxygen atoms in total. The van der Waals surface area contributed by atoms with E-state index in [9.17, 15) is 14.7 Å². The summed E-state index contributed by atoms with van der Waals surface area (Å²) in [6.45, 7) is 5.11. The van der Waals surface area contributed by atoms with Crippen LogP contribution in [0.25, 0.3) is 0 Å². The van der Waals surface area contributed by atoms with Crippen LogP contribution < -0.4 is 9.47 Å². The van der Waals surface area contributed by atoms with E-state index >= 15 is 0 Å². The van der Waals surface area contributed by atoms with E-state index in [2.05, 4.69) is 0 Å². The average molecular weight is 321 g/mol. The smallest absolute Gasteiger partial charge is 0.326 e. The highest BCUT2D eigenvalue weighted by atomic mass is 16.5. The summed E-state index contributed by atoms with van der Waals surface area (Å²) in [5.41, 5.74) is 0.409. The molecule has 1 atom stereocenters. The number of carboxylic acid groups (broad SMARTS) is 1. The van der Waals surface area contributed by atoms with Gasteiger partial charge < -0.3 is 19.5 Å². The minimum atomic E-state index is -0.959. The van der Waals surface area contributed by atoms with E-state index in [0.717, 1.165) is 0 Å². The van der Waals surface area contributed by atoms with Crippen LogP contribution in [0.3, 0.4) is 0 Å². The SMILES string of the molecule is COc1cc(C(=O)N2CCC[C@@H]2C(=O)O)ccc1OCC(C)C. The van der Waals surface area contributed by atoms with Crippen molar-refractivity contribution in [2.75, 3.05) is 20.3 Å². The number of hydrogen-bond acceptors (Lipinski definition) is 4. The third-order valence-electron chi connectivity index (χ3n) is 3.78. The van der Waals surface area contributed by atoms with Crippen LogP contribution in [0, 0.1) is 5.92 Å². The monoisotopic (exact) mass is 321 g/mol. The molecule has 0 unspecified atom stereocenters. The van der Waals surface area contributed by atoms with Crippen LogP contribution in [0.2, 0.25) is 0 Å². The van der Waals surface area contributed by atoms with Gasteiger partial charge in [-0.05, 0) is 37.0 Å². The highest BCUT2D eigenvalue weighted by molar-refractivity contribution is 5.97. The number of hydrogen-bond donors (Lipinski definition) is 1. The van der Waals surface area contributed by atoms with Gasteiger partial charge in [-0.25, -0.2) is 4.79 Å². The Morgan fingerprint density at radius 3 is 2.70 bits per heavy atom. The van der Waals surface area contributed by atoms with E-state index in [1.165, 1.54) is 12.0 Å². The van der Waals surface area contributed by atoms with Gasteiger partial charge in [-0.15, -0.1) is 0 Å². The highest BCUT2D eigenvalue weighted by Crippen LogP contribution is 2.30. The van der Waals surface area contributed by atoms with Gasteiger partial charge in [0.1, 0.15) is 6.04 Å². The standard InChI is InChI=1S/C17H23NO5/c1-11(2)10-23-14-7-6-12(9-15(14)22-3)16(19)18-8-4-5-13(18)17(20)21/h6-7,9,11,13H,4-5,8,10H2,1-3H3,(H,20,21)/t13-/m1/s1. The van der Waals surface area contributed by atoms with Gasteiger partial charge in [0.15, 0.2) is 11.5 Å². The summed E-state index contributed by atoms with van der Waals surface area (Å²) in [5, 5.41) is 9.21. The molecule has 1 aromatic rings. The zero-order valence-corrected chi connectivity index (χ0v) is 13.7. The van der Waals surface area contributed by atoms with Crippen LogP contribution in [-0.4, -0.2) is 48.2 Å². The largest absolute Gasteiger partial charge is 0.493 e. The Kier molecular flexibility index (Phi) is 5.47. The number of benzene rings is 1.